The third-order valence-electron chi connectivity index (χ3n) is 5.63. The van der Waals surface area contributed by atoms with Gasteiger partial charge in [0.1, 0.15) is 30.0 Å². The normalized spacial score (nSPS) is 21.7. The summed E-state index contributed by atoms with van der Waals surface area (Å²) in [6, 6.07) is 12.4. The fraction of sp³-hybridized carbons (Fsp3) is 0.409. The first-order valence-electron chi connectivity index (χ1n) is 9.71. The van der Waals surface area contributed by atoms with Crippen LogP contribution in [0.3, 0.4) is 0 Å². The molecule has 2 aliphatic rings. The van der Waals surface area contributed by atoms with E-state index in [1.807, 2.05) is 4.90 Å². The van der Waals surface area contributed by atoms with Crippen LogP contribution in [0.5, 0.6) is 5.75 Å². The lowest BCUT2D eigenvalue weighted by Gasteiger charge is -2.27. The number of likely N-dealkylation sites (tertiary alicyclic amines) is 1. The van der Waals surface area contributed by atoms with Gasteiger partial charge in [0.2, 0.25) is 0 Å². The minimum absolute atomic E-state index is 0.00481. The van der Waals surface area contributed by atoms with E-state index in [0.29, 0.717) is 30.0 Å². The van der Waals surface area contributed by atoms with Gasteiger partial charge in [0.15, 0.2) is 5.76 Å². The molecule has 1 saturated heterocycles. The van der Waals surface area contributed by atoms with Gasteiger partial charge in [-0.3, -0.25) is 9.59 Å². The lowest BCUT2D eigenvalue weighted by molar-refractivity contribution is -0.121. The van der Waals surface area contributed by atoms with Crippen LogP contribution in [0.2, 0.25) is 0 Å². The molecule has 6 heteroatoms. The molecule has 1 saturated carbocycles. The van der Waals surface area contributed by atoms with Crippen molar-refractivity contribution >= 4 is 11.7 Å². The van der Waals surface area contributed by atoms with Crippen LogP contribution in [-0.4, -0.2) is 29.2 Å². The van der Waals surface area contributed by atoms with E-state index in [0.717, 1.165) is 25.7 Å². The Balaban J connectivity index is 1.43. The Kier molecular flexibility index (Phi) is 5.16. The largest absolute Gasteiger partial charge is 0.484 e. The second-order valence-corrected chi connectivity index (χ2v) is 7.34. The Bertz CT molecular complexity index is 927. The number of carbonyl (C=O) groups is 2. The van der Waals surface area contributed by atoms with Crippen molar-refractivity contribution in [1.82, 2.24) is 4.90 Å². The van der Waals surface area contributed by atoms with E-state index in [1.54, 1.807) is 36.4 Å². The first-order chi connectivity index (χ1) is 13.7. The van der Waals surface area contributed by atoms with Crippen LogP contribution in [-0.2, 0) is 11.4 Å². The number of benzene rings is 1. The average Bonchev–Trinajstić information content (AvgIpc) is 3.46. The van der Waals surface area contributed by atoms with Gasteiger partial charge in [0.25, 0.3) is 5.91 Å². The summed E-state index contributed by atoms with van der Waals surface area (Å²) < 4.78 is 11.4. The number of hydrogen-bond donors (Lipinski definition) is 0. The smallest absolute Gasteiger partial charge is 0.289 e. The van der Waals surface area contributed by atoms with Gasteiger partial charge >= 0.3 is 0 Å². The van der Waals surface area contributed by atoms with E-state index in [2.05, 4.69) is 6.07 Å². The van der Waals surface area contributed by atoms with Gasteiger partial charge in [-0.1, -0.05) is 12.1 Å². The highest BCUT2D eigenvalue weighted by Crippen LogP contribution is 2.34. The molecule has 1 aliphatic heterocycles. The summed E-state index contributed by atoms with van der Waals surface area (Å²) in [5.74, 6) is 1.37. The molecular weight excluding hydrogens is 356 g/mol. The van der Waals surface area contributed by atoms with Gasteiger partial charge in [0.05, 0.1) is 5.56 Å². The molecule has 0 spiro atoms. The molecule has 28 heavy (non-hydrogen) atoms. The average molecular weight is 378 g/mol. The zero-order valence-electron chi connectivity index (χ0n) is 15.6. The SMILES string of the molecule is N#Cc1ccccc1OCc1ccc(C(=O)N2CCC[C@H]2[C@@H]2CCCC2=O)o1. The first kappa shape index (κ1) is 18.3. The Labute approximate surface area is 163 Å². The number of ketones is 1. The van der Waals surface area contributed by atoms with Crippen LogP contribution in [0.15, 0.2) is 40.8 Å². The monoisotopic (exact) mass is 378 g/mol. The van der Waals surface area contributed by atoms with Crippen LogP contribution in [0.25, 0.3) is 0 Å². The number of nitrogens with zero attached hydrogens (tertiary/aromatic N) is 2. The van der Waals surface area contributed by atoms with Crippen LogP contribution < -0.4 is 4.74 Å². The fourth-order valence-electron chi connectivity index (χ4n) is 4.26. The number of nitriles is 1. The van der Waals surface area contributed by atoms with Crippen molar-refractivity contribution in [2.24, 2.45) is 5.92 Å². The van der Waals surface area contributed by atoms with Crippen LogP contribution in [0, 0.1) is 17.2 Å². The maximum atomic E-state index is 12.9. The molecule has 1 aromatic carbocycles. The summed E-state index contributed by atoms with van der Waals surface area (Å²) >= 11 is 0. The number of hydrogen-bond acceptors (Lipinski definition) is 5. The lowest BCUT2D eigenvalue weighted by Crippen LogP contribution is -2.41. The highest BCUT2D eigenvalue weighted by Gasteiger charge is 2.40. The molecule has 2 heterocycles. The van der Waals surface area contributed by atoms with E-state index in [-0.39, 0.29) is 36.0 Å². The van der Waals surface area contributed by atoms with E-state index in [9.17, 15) is 9.59 Å². The van der Waals surface area contributed by atoms with Crippen molar-refractivity contribution in [3.8, 4) is 11.8 Å². The van der Waals surface area contributed by atoms with Gasteiger partial charge in [-0.2, -0.15) is 5.26 Å². The Morgan fingerprint density at radius 1 is 1.21 bits per heavy atom. The number of para-hydroxylation sites is 1. The van der Waals surface area contributed by atoms with Gasteiger partial charge in [-0.05, 0) is 49.9 Å². The molecule has 2 aromatic rings. The highest BCUT2D eigenvalue weighted by atomic mass is 16.5. The Morgan fingerprint density at radius 3 is 2.86 bits per heavy atom. The number of amides is 1. The summed E-state index contributed by atoms with van der Waals surface area (Å²) in [5.41, 5.74) is 0.450. The quantitative estimate of drug-likeness (QED) is 0.792. The molecule has 6 nitrogen and oxygen atoms in total. The summed E-state index contributed by atoms with van der Waals surface area (Å²) in [7, 11) is 0. The maximum Gasteiger partial charge on any atom is 0.289 e. The molecule has 144 valence electrons. The fourth-order valence-corrected chi connectivity index (χ4v) is 4.26. The molecule has 1 aromatic heterocycles. The maximum absolute atomic E-state index is 12.9. The van der Waals surface area contributed by atoms with E-state index < -0.39 is 0 Å². The highest BCUT2D eigenvalue weighted by molar-refractivity contribution is 5.93. The van der Waals surface area contributed by atoms with Crippen molar-refractivity contribution in [1.29, 1.82) is 5.26 Å². The van der Waals surface area contributed by atoms with E-state index in [1.165, 1.54) is 0 Å². The van der Waals surface area contributed by atoms with Crippen molar-refractivity contribution < 1.29 is 18.7 Å². The molecule has 4 rings (SSSR count). The van der Waals surface area contributed by atoms with Crippen LogP contribution >= 0.6 is 0 Å². The van der Waals surface area contributed by atoms with Crippen molar-refractivity contribution in [3.63, 3.8) is 0 Å². The zero-order valence-corrected chi connectivity index (χ0v) is 15.6. The molecular formula is C22H22N2O4. The molecule has 0 bridgehead atoms. The van der Waals surface area contributed by atoms with Gasteiger partial charge in [-0.15, -0.1) is 0 Å². The second kappa shape index (κ2) is 7.89. The summed E-state index contributed by atoms with van der Waals surface area (Å²) in [5, 5.41) is 9.12. The molecule has 0 unspecified atom stereocenters. The molecule has 1 amide bonds. The van der Waals surface area contributed by atoms with Gasteiger partial charge < -0.3 is 14.1 Å². The van der Waals surface area contributed by atoms with Crippen LogP contribution in [0.4, 0.5) is 0 Å². The predicted molar refractivity (Wildman–Crippen MR) is 101 cm³/mol. The minimum atomic E-state index is -0.161. The first-order valence-corrected chi connectivity index (χ1v) is 9.71. The number of furan rings is 1. The number of ether oxygens (including phenoxy) is 1. The molecule has 0 N–H and O–H groups in total. The van der Waals surface area contributed by atoms with Crippen molar-refractivity contribution in [2.75, 3.05) is 6.54 Å². The Morgan fingerprint density at radius 2 is 2.07 bits per heavy atom. The molecule has 0 radical (unpaired) electrons. The summed E-state index contributed by atoms with van der Waals surface area (Å²) in [4.78, 5) is 26.9. The minimum Gasteiger partial charge on any atom is -0.484 e. The topological polar surface area (TPSA) is 83.5 Å². The third kappa shape index (κ3) is 3.53. The van der Waals surface area contributed by atoms with Crippen molar-refractivity contribution in [2.45, 2.75) is 44.8 Å². The van der Waals surface area contributed by atoms with Crippen LogP contribution in [0.1, 0.15) is 54.0 Å². The molecule has 2 fully saturated rings. The van der Waals surface area contributed by atoms with E-state index >= 15 is 0 Å². The second-order valence-electron chi connectivity index (χ2n) is 7.34. The van der Waals surface area contributed by atoms with Crippen molar-refractivity contribution in [3.05, 3.63) is 53.5 Å². The number of rotatable bonds is 5. The zero-order chi connectivity index (χ0) is 19.5. The summed E-state index contributed by atoms with van der Waals surface area (Å²) in [6.45, 7) is 0.797. The number of Topliss-reactive ketones (excluding diaryl/α,β-unsaturated/α-hetero) is 1. The van der Waals surface area contributed by atoms with Gasteiger partial charge in [0, 0.05) is 24.9 Å². The predicted octanol–water partition coefficient (Wildman–Crippen LogP) is 3.70. The molecule has 2 atom stereocenters. The standard InChI is InChI=1S/C22H22N2O4/c23-13-15-5-1-2-9-20(15)27-14-16-10-11-21(28-16)22(26)24-12-4-7-18(24)17-6-3-8-19(17)25/h1-2,5,9-11,17-18H,3-4,6-8,12,14H2/t17-,18-/m0/s1. The van der Waals surface area contributed by atoms with E-state index in [4.69, 9.17) is 14.4 Å². The molecule has 1 aliphatic carbocycles. The number of carbonyl (C=O) groups excluding carboxylic acids is 2. The van der Waals surface area contributed by atoms with Gasteiger partial charge in [-0.25, -0.2) is 0 Å². The Hall–Kier alpha value is -3.07. The third-order valence-corrected chi connectivity index (χ3v) is 5.63. The summed E-state index contributed by atoms with van der Waals surface area (Å²) in [6.07, 6.45) is 4.23. The lowest BCUT2D eigenvalue weighted by atomic mass is 9.95.